The summed E-state index contributed by atoms with van der Waals surface area (Å²) < 4.78 is 12.7. The van der Waals surface area contributed by atoms with E-state index in [2.05, 4.69) is 4.57 Å². The number of primary amides is 1. The molecule has 0 fully saturated rings. The Morgan fingerprint density at radius 3 is 2.45 bits per heavy atom. The van der Waals surface area contributed by atoms with E-state index in [0.717, 1.165) is 27.5 Å². The van der Waals surface area contributed by atoms with Crippen LogP contribution < -0.4 is 10.5 Å². The summed E-state index contributed by atoms with van der Waals surface area (Å²) in [6.45, 7) is 2.18. The Balaban J connectivity index is 2.09. The van der Waals surface area contributed by atoms with Crippen LogP contribution >= 0.6 is 0 Å². The van der Waals surface area contributed by atoms with Gasteiger partial charge in [-0.3, -0.25) is 4.79 Å². The second kappa shape index (κ2) is 9.34. The number of fused-ring (bicyclic) bond motifs is 3. The van der Waals surface area contributed by atoms with Crippen LogP contribution in [0.1, 0.15) is 29.8 Å². The molecule has 0 bridgehead atoms. The van der Waals surface area contributed by atoms with Crippen LogP contribution in [0.25, 0.3) is 21.7 Å². The zero-order valence-electron chi connectivity index (χ0n) is 18.6. The fraction of sp³-hybridized carbons (Fsp3) is 0.231. The lowest BCUT2D eigenvalue weighted by Crippen LogP contribution is -2.22. The van der Waals surface area contributed by atoms with Crippen molar-refractivity contribution in [2.45, 2.75) is 26.0 Å². The van der Waals surface area contributed by atoms with Crippen LogP contribution in [0.4, 0.5) is 0 Å². The van der Waals surface area contributed by atoms with Gasteiger partial charge in [0.05, 0.1) is 12.6 Å². The highest BCUT2D eigenvalue weighted by Gasteiger charge is 2.29. The molecule has 4 rings (SSSR count). The van der Waals surface area contributed by atoms with Gasteiger partial charge in [-0.25, -0.2) is 4.79 Å². The van der Waals surface area contributed by atoms with E-state index < -0.39 is 18.0 Å². The molecule has 3 aromatic carbocycles. The largest absolute Gasteiger partial charge is 0.481 e. The van der Waals surface area contributed by atoms with Gasteiger partial charge in [0.1, 0.15) is 5.75 Å². The smallest absolute Gasteiger partial charge is 0.343 e. The van der Waals surface area contributed by atoms with E-state index in [1.54, 1.807) is 0 Å². The first kappa shape index (κ1) is 22.4. The molecule has 33 heavy (non-hydrogen) atoms. The molecule has 0 aliphatic heterocycles. The van der Waals surface area contributed by atoms with E-state index >= 15 is 0 Å². The van der Waals surface area contributed by atoms with Gasteiger partial charge in [-0.1, -0.05) is 61.5 Å². The summed E-state index contributed by atoms with van der Waals surface area (Å²) in [6, 6.07) is 19.5. The van der Waals surface area contributed by atoms with E-state index in [0.29, 0.717) is 29.7 Å². The van der Waals surface area contributed by atoms with Gasteiger partial charge in [0.2, 0.25) is 0 Å². The highest BCUT2D eigenvalue weighted by Crippen LogP contribution is 2.42. The number of nitrogens with zero attached hydrogens (tertiary/aromatic N) is 1. The number of aliphatic hydroxyl groups is 1. The standard InChI is InChI=1S/C26H26N2O5/c1-3-19-22(25(30)26(27)31)23-20(33-15-21(29)32-2)13-17-11-7-8-12-18(17)24(23)28(19)14-16-9-5-4-6-10-16/h4-13,25,30H,3,14-15H2,1-2H3,(H2,27,31). The molecule has 7 heteroatoms. The van der Waals surface area contributed by atoms with E-state index in [9.17, 15) is 14.7 Å². The second-order valence-electron chi connectivity index (χ2n) is 7.77. The summed E-state index contributed by atoms with van der Waals surface area (Å²) >= 11 is 0. The molecule has 0 saturated carbocycles. The van der Waals surface area contributed by atoms with Crippen molar-refractivity contribution in [2.24, 2.45) is 5.73 Å². The van der Waals surface area contributed by atoms with Crippen LogP contribution in [0, 0.1) is 0 Å². The number of rotatable bonds is 8. The number of benzene rings is 3. The molecule has 1 atom stereocenters. The van der Waals surface area contributed by atoms with Crippen molar-refractivity contribution in [3.8, 4) is 5.75 Å². The molecule has 4 aromatic rings. The maximum atomic E-state index is 12.1. The average molecular weight is 447 g/mol. The number of methoxy groups -OCH3 is 1. The fourth-order valence-corrected chi connectivity index (χ4v) is 4.34. The summed E-state index contributed by atoms with van der Waals surface area (Å²) in [6.07, 6.45) is -0.979. The predicted molar refractivity (Wildman–Crippen MR) is 126 cm³/mol. The molecule has 3 N–H and O–H groups in total. The molecule has 0 radical (unpaired) electrons. The van der Waals surface area contributed by atoms with Gasteiger partial charge < -0.3 is 24.9 Å². The number of aromatic nitrogens is 1. The van der Waals surface area contributed by atoms with Crippen LogP contribution in [0.15, 0.2) is 60.7 Å². The van der Waals surface area contributed by atoms with Gasteiger partial charge in [0.15, 0.2) is 12.7 Å². The van der Waals surface area contributed by atoms with E-state index in [1.807, 2.05) is 67.6 Å². The number of nitrogens with two attached hydrogens (primary N) is 1. The van der Waals surface area contributed by atoms with Crippen molar-refractivity contribution in [1.29, 1.82) is 0 Å². The lowest BCUT2D eigenvalue weighted by Gasteiger charge is -2.13. The van der Waals surface area contributed by atoms with Gasteiger partial charge in [-0.05, 0) is 23.4 Å². The van der Waals surface area contributed by atoms with Gasteiger partial charge in [0.25, 0.3) is 5.91 Å². The number of amides is 1. The summed E-state index contributed by atoms with van der Waals surface area (Å²) in [5, 5.41) is 13.3. The van der Waals surface area contributed by atoms with E-state index in [1.165, 1.54) is 7.11 Å². The average Bonchev–Trinajstić information content (AvgIpc) is 3.16. The Kier molecular flexibility index (Phi) is 6.33. The lowest BCUT2D eigenvalue weighted by molar-refractivity contribution is -0.142. The zero-order chi connectivity index (χ0) is 23.5. The van der Waals surface area contributed by atoms with Crippen LogP contribution in [0.3, 0.4) is 0 Å². The molecule has 1 amide bonds. The minimum absolute atomic E-state index is 0.304. The van der Waals surface area contributed by atoms with Crippen LogP contribution in [0.2, 0.25) is 0 Å². The molecule has 0 aliphatic carbocycles. The Labute approximate surface area is 191 Å². The van der Waals surface area contributed by atoms with Crippen LogP contribution in [0.5, 0.6) is 5.75 Å². The van der Waals surface area contributed by atoms with Crippen molar-refractivity contribution in [1.82, 2.24) is 4.57 Å². The predicted octanol–water partition coefficient (Wildman–Crippen LogP) is 3.48. The second-order valence-corrected chi connectivity index (χ2v) is 7.77. The molecular weight excluding hydrogens is 420 g/mol. The first-order valence-electron chi connectivity index (χ1n) is 10.7. The molecule has 170 valence electrons. The summed E-state index contributed by atoms with van der Waals surface area (Å²) in [4.78, 5) is 23.9. The number of aliphatic hydroxyl groups excluding tert-OH is 1. The number of esters is 1. The van der Waals surface area contributed by atoms with Crippen LogP contribution in [-0.4, -0.2) is 35.3 Å². The molecular formula is C26H26N2O5. The first-order valence-corrected chi connectivity index (χ1v) is 10.7. The van der Waals surface area contributed by atoms with Gasteiger partial charge in [0, 0.05) is 28.6 Å². The Bertz CT molecular complexity index is 1330. The number of carbonyl (C=O) groups is 2. The lowest BCUT2D eigenvalue weighted by atomic mass is 9.99. The quantitative estimate of drug-likeness (QED) is 0.403. The third-order valence-corrected chi connectivity index (χ3v) is 5.80. The van der Waals surface area contributed by atoms with E-state index in [-0.39, 0.29) is 6.61 Å². The molecule has 1 unspecified atom stereocenters. The van der Waals surface area contributed by atoms with Gasteiger partial charge in [-0.2, -0.15) is 0 Å². The summed E-state index contributed by atoms with van der Waals surface area (Å²) in [5.41, 5.74) is 8.59. The molecule has 0 aliphatic rings. The summed E-state index contributed by atoms with van der Waals surface area (Å²) in [5.74, 6) is -1.01. The Morgan fingerprint density at radius 1 is 1.09 bits per heavy atom. The number of hydrogen-bond acceptors (Lipinski definition) is 5. The SMILES string of the molecule is CCc1c(C(O)C(N)=O)c2c(OCC(=O)OC)cc3ccccc3c2n1Cc1ccccc1. The number of hydrogen-bond donors (Lipinski definition) is 2. The highest BCUT2D eigenvalue weighted by molar-refractivity contribution is 6.12. The van der Waals surface area contributed by atoms with Gasteiger partial charge >= 0.3 is 5.97 Å². The minimum Gasteiger partial charge on any atom is -0.481 e. The maximum Gasteiger partial charge on any atom is 0.343 e. The van der Waals surface area contributed by atoms with Crippen molar-refractivity contribution >= 4 is 33.6 Å². The summed E-state index contributed by atoms with van der Waals surface area (Å²) in [7, 11) is 1.29. The highest BCUT2D eigenvalue weighted by atomic mass is 16.6. The third kappa shape index (κ3) is 4.15. The number of ether oxygens (including phenoxy) is 2. The zero-order valence-corrected chi connectivity index (χ0v) is 18.6. The van der Waals surface area contributed by atoms with Crippen molar-refractivity contribution < 1.29 is 24.2 Å². The van der Waals surface area contributed by atoms with Crippen molar-refractivity contribution in [3.05, 3.63) is 77.5 Å². The normalized spacial score (nSPS) is 12.1. The van der Waals surface area contributed by atoms with E-state index in [4.69, 9.17) is 15.2 Å². The molecule has 7 nitrogen and oxygen atoms in total. The topological polar surface area (TPSA) is 104 Å². The minimum atomic E-state index is -1.53. The monoisotopic (exact) mass is 446 g/mol. The molecule has 1 heterocycles. The van der Waals surface area contributed by atoms with Crippen LogP contribution in [-0.2, 0) is 27.3 Å². The third-order valence-electron chi connectivity index (χ3n) is 5.80. The first-order chi connectivity index (χ1) is 16.0. The van der Waals surface area contributed by atoms with Crippen molar-refractivity contribution in [2.75, 3.05) is 13.7 Å². The molecule has 1 aromatic heterocycles. The number of carbonyl (C=O) groups excluding carboxylic acids is 2. The molecule has 0 spiro atoms. The van der Waals surface area contributed by atoms with Crippen molar-refractivity contribution in [3.63, 3.8) is 0 Å². The van der Waals surface area contributed by atoms with Gasteiger partial charge in [-0.15, -0.1) is 0 Å². The Morgan fingerprint density at radius 2 is 1.79 bits per heavy atom. The fourth-order valence-electron chi connectivity index (χ4n) is 4.34. The maximum absolute atomic E-state index is 12.1. The molecule has 0 saturated heterocycles. The Hall–Kier alpha value is -3.84.